The number of ketones is 1. The molecule has 0 N–H and O–H groups in total. The summed E-state index contributed by atoms with van der Waals surface area (Å²) in [6.07, 6.45) is -3.40. The molecule has 0 unspecified atom stereocenters. The van der Waals surface area contributed by atoms with Crippen LogP contribution in [0.2, 0.25) is 0 Å². The van der Waals surface area contributed by atoms with Crippen molar-refractivity contribution in [3.63, 3.8) is 0 Å². The highest BCUT2D eigenvalue weighted by molar-refractivity contribution is 5.97. The van der Waals surface area contributed by atoms with Crippen molar-refractivity contribution in [1.82, 2.24) is 14.3 Å². The quantitative estimate of drug-likeness (QED) is 0.409. The van der Waals surface area contributed by atoms with E-state index >= 15 is 0 Å². The summed E-state index contributed by atoms with van der Waals surface area (Å²) in [5.74, 6) is -0.965. The third kappa shape index (κ3) is 4.37. The summed E-state index contributed by atoms with van der Waals surface area (Å²) in [5.41, 5.74) is 0.0732. The van der Waals surface area contributed by atoms with Crippen LogP contribution in [0.15, 0.2) is 41.2 Å². The molecule has 1 saturated carbocycles. The Kier molecular flexibility index (Phi) is 5.52. The molecule has 0 spiro atoms. The predicted octanol–water partition coefficient (Wildman–Crippen LogP) is 4.63. The van der Waals surface area contributed by atoms with Crippen LogP contribution in [0, 0.1) is 19.7 Å². The largest absolute Gasteiger partial charge is 0.421 e. The molecular formula is C23H21F4N3O2. The number of hydrogen-bond acceptors (Lipinski definition) is 3. The normalized spacial score (nSPS) is 14.1. The summed E-state index contributed by atoms with van der Waals surface area (Å²) in [6.45, 7) is 3.34. The molecule has 1 fully saturated rings. The number of carbonyl (C=O) groups is 1. The van der Waals surface area contributed by atoms with E-state index in [1.54, 1.807) is 32.0 Å². The first-order valence-corrected chi connectivity index (χ1v) is 10.2. The second-order valence-electron chi connectivity index (χ2n) is 8.14. The number of benzene rings is 1. The van der Waals surface area contributed by atoms with Gasteiger partial charge in [-0.15, -0.1) is 0 Å². The highest BCUT2D eigenvalue weighted by Gasteiger charge is 2.38. The fourth-order valence-electron chi connectivity index (χ4n) is 3.77. The van der Waals surface area contributed by atoms with E-state index in [1.807, 2.05) is 4.57 Å². The summed E-state index contributed by atoms with van der Waals surface area (Å²) < 4.78 is 55.7. The van der Waals surface area contributed by atoms with E-state index in [-0.39, 0.29) is 17.4 Å². The first-order valence-electron chi connectivity index (χ1n) is 10.2. The Morgan fingerprint density at radius 1 is 1.12 bits per heavy atom. The summed E-state index contributed by atoms with van der Waals surface area (Å²) >= 11 is 0. The number of halogens is 4. The standard InChI is InChI=1S/C23H21F4N3O2/c1-13-9-18(14(2)29(13)11-15-3-7-17(24)8-4-15)21(31)12-30-22(32)19(23(25,26)27)10-20(28-30)16-5-6-16/h3-4,7-10,16H,5-6,11-12H2,1-2H3. The van der Waals surface area contributed by atoms with Crippen molar-refractivity contribution < 1.29 is 22.4 Å². The molecule has 1 aliphatic rings. The first-order chi connectivity index (χ1) is 15.0. The molecular weight excluding hydrogens is 426 g/mol. The molecule has 1 aromatic carbocycles. The maximum Gasteiger partial charge on any atom is 0.421 e. The number of nitrogens with zero attached hydrogens (tertiary/aromatic N) is 3. The minimum absolute atomic E-state index is 0.112. The SMILES string of the molecule is Cc1cc(C(=O)Cn2nc(C3CC3)cc(C(F)(F)F)c2=O)c(C)n1Cc1ccc(F)cc1. The van der Waals surface area contributed by atoms with E-state index in [2.05, 4.69) is 5.10 Å². The van der Waals surface area contributed by atoms with Crippen LogP contribution in [0.5, 0.6) is 0 Å². The topological polar surface area (TPSA) is 56.9 Å². The molecule has 0 bridgehead atoms. The zero-order valence-corrected chi connectivity index (χ0v) is 17.5. The van der Waals surface area contributed by atoms with Crippen LogP contribution >= 0.6 is 0 Å². The molecule has 0 radical (unpaired) electrons. The zero-order valence-electron chi connectivity index (χ0n) is 17.5. The van der Waals surface area contributed by atoms with E-state index in [0.29, 0.717) is 35.3 Å². The van der Waals surface area contributed by atoms with Crippen LogP contribution in [-0.4, -0.2) is 20.1 Å². The van der Waals surface area contributed by atoms with Crippen molar-refractivity contribution in [2.24, 2.45) is 0 Å². The number of aryl methyl sites for hydroxylation is 1. The second kappa shape index (κ2) is 8.03. The van der Waals surface area contributed by atoms with Gasteiger partial charge in [0.2, 0.25) is 0 Å². The van der Waals surface area contributed by atoms with Gasteiger partial charge in [-0.2, -0.15) is 18.3 Å². The third-order valence-corrected chi connectivity index (χ3v) is 5.72. The highest BCUT2D eigenvalue weighted by Crippen LogP contribution is 2.40. The number of rotatable bonds is 6. The Bertz CT molecular complexity index is 1240. The number of aromatic nitrogens is 3. The Balaban J connectivity index is 1.64. The summed E-state index contributed by atoms with van der Waals surface area (Å²) in [4.78, 5) is 25.4. The Morgan fingerprint density at radius 3 is 2.38 bits per heavy atom. The van der Waals surface area contributed by atoms with E-state index in [4.69, 9.17) is 0 Å². The first kappa shape index (κ1) is 22.0. The molecule has 0 saturated heterocycles. The Labute approximate surface area is 181 Å². The maximum absolute atomic E-state index is 13.4. The van der Waals surface area contributed by atoms with E-state index in [1.165, 1.54) is 12.1 Å². The minimum Gasteiger partial charge on any atom is -0.344 e. The van der Waals surface area contributed by atoms with Gasteiger partial charge in [0.15, 0.2) is 5.78 Å². The van der Waals surface area contributed by atoms with E-state index < -0.39 is 29.6 Å². The van der Waals surface area contributed by atoms with Crippen molar-refractivity contribution in [2.45, 2.75) is 51.9 Å². The highest BCUT2D eigenvalue weighted by atomic mass is 19.4. The van der Waals surface area contributed by atoms with Crippen LogP contribution in [0.1, 0.15) is 57.3 Å². The maximum atomic E-state index is 13.4. The number of hydrogen-bond donors (Lipinski definition) is 0. The molecule has 32 heavy (non-hydrogen) atoms. The van der Waals surface area contributed by atoms with Crippen LogP contribution < -0.4 is 5.56 Å². The number of Topliss-reactive ketones (excluding diaryl/α,β-unsaturated/α-hetero) is 1. The van der Waals surface area contributed by atoms with Gasteiger partial charge in [-0.3, -0.25) is 9.59 Å². The Hall–Kier alpha value is -3.23. The average molecular weight is 447 g/mol. The molecule has 2 heterocycles. The lowest BCUT2D eigenvalue weighted by atomic mass is 10.1. The monoisotopic (exact) mass is 447 g/mol. The van der Waals surface area contributed by atoms with Crippen molar-refractivity contribution in [2.75, 3.05) is 0 Å². The fourth-order valence-corrected chi connectivity index (χ4v) is 3.77. The van der Waals surface area contributed by atoms with Gasteiger partial charge in [-0.25, -0.2) is 9.07 Å². The van der Waals surface area contributed by atoms with E-state index in [0.717, 1.165) is 17.3 Å². The summed E-state index contributed by atoms with van der Waals surface area (Å²) in [5, 5.41) is 4.05. The average Bonchev–Trinajstić information content (AvgIpc) is 3.52. The molecule has 0 atom stereocenters. The summed E-state index contributed by atoms with van der Waals surface area (Å²) in [7, 11) is 0. The van der Waals surface area contributed by atoms with Crippen LogP contribution in [0.3, 0.4) is 0 Å². The molecule has 5 nitrogen and oxygen atoms in total. The van der Waals surface area contributed by atoms with Crippen molar-refractivity contribution >= 4 is 5.78 Å². The van der Waals surface area contributed by atoms with Crippen LogP contribution in [-0.2, 0) is 19.3 Å². The second-order valence-corrected chi connectivity index (χ2v) is 8.14. The third-order valence-electron chi connectivity index (χ3n) is 5.72. The number of alkyl halides is 3. The number of carbonyl (C=O) groups excluding carboxylic acids is 1. The van der Waals surface area contributed by atoms with Gasteiger partial charge in [0, 0.05) is 29.4 Å². The fraction of sp³-hybridized carbons (Fsp3) is 0.348. The van der Waals surface area contributed by atoms with Gasteiger partial charge < -0.3 is 4.57 Å². The van der Waals surface area contributed by atoms with Crippen LogP contribution in [0.4, 0.5) is 17.6 Å². The molecule has 1 aliphatic carbocycles. The molecule has 0 amide bonds. The summed E-state index contributed by atoms with van der Waals surface area (Å²) in [6, 6.07) is 8.41. The molecule has 4 rings (SSSR count). The predicted molar refractivity (Wildman–Crippen MR) is 109 cm³/mol. The smallest absolute Gasteiger partial charge is 0.344 e. The lowest BCUT2D eigenvalue weighted by Crippen LogP contribution is -2.33. The van der Waals surface area contributed by atoms with Gasteiger partial charge in [0.05, 0.1) is 5.69 Å². The Morgan fingerprint density at radius 2 is 1.78 bits per heavy atom. The van der Waals surface area contributed by atoms with Gasteiger partial charge in [0.25, 0.3) is 5.56 Å². The molecule has 3 aromatic rings. The zero-order chi connectivity index (χ0) is 23.2. The van der Waals surface area contributed by atoms with Gasteiger partial charge in [0.1, 0.15) is 17.9 Å². The van der Waals surface area contributed by atoms with Gasteiger partial charge >= 0.3 is 6.18 Å². The molecule has 168 valence electrons. The minimum atomic E-state index is -4.82. The molecule has 9 heteroatoms. The van der Waals surface area contributed by atoms with Crippen molar-refractivity contribution in [1.29, 1.82) is 0 Å². The lowest BCUT2D eigenvalue weighted by molar-refractivity contribution is -0.139. The van der Waals surface area contributed by atoms with Gasteiger partial charge in [-0.05, 0) is 56.5 Å². The van der Waals surface area contributed by atoms with Crippen LogP contribution in [0.25, 0.3) is 0 Å². The van der Waals surface area contributed by atoms with Crippen molar-refractivity contribution in [3.05, 3.63) is 86.3 Å². The molecule has 2 aromatic heterocycles. The van der Waals surface area contributed by atoms with Crippen molar-refractivity contribution in [3.8, 4) is 0 Å². The molecule has 0 aliphatic heterocycles. The lowest BCUT2D eigenvalue weighted by Gasteiger charge is -2.12. The van der Waals surface area contributed by atoms with E-state index in [9.17, 15) is 27.2 Å². The van der Waals surface area contributed by atoms with Gasteiger partial charge in [-0.1, -0.05) is 12.1 Å².